The molecule has 3 nitrogen and oxygen atoms in total. The van der Waals surface area contributed by atoms with Crippen molar-refractivity contribution in [2.24, 2.45) is 5.92 Å². The van der Waals surface area contributed by atoms with Gasteiger partial charge in [0.15, 0.2) is 0 Å². The molecule has 0 bridgehead atoms. The van der Waals surface area contributed by atoms with Gasteiger partial charge in [0.05, 0.1) is 0 Å². The zero-order valence-corrected chi connectivity index (χ0v) is 11.1. The van der Waals surface area contributed by atoms with E-state index in [1.807, 2.05) is 0 Å². The van der Waals surface area contributed by atoms with Crippen molar-refractivity contribution >= 4 is 17.5 Å². The fourth-order valence-electron chi connectivity index (χ4n) is 1.50. The number of hydrogen-bond acceptors (Lipinski definition) is 2. The molecule has 0 saturated carbocycles. The molecule has 17 heavy (non-hydrogen) atoms. The molecule has 1 N–H and O–H groups in total. The van der Waals surface area contributed by atoms with Gasteiger partial charge in [0.25, 0.3) is 5.91 Å². The molecule has 4 heteroatoms. The molecule has 1 aromatic rings. The third-order valence-electron chi connectivity index (χ3n) is 2.44. The van der Waals surface area contributed by atoms with Crippen molar-refractivity contribution in [2.75, 3.05) is 6.54 Å². The van der Waals surface area contributed by atoms with Crippen LogP contribution >= 0.6 is 11.6 Å². The standard InChI is InChI=1S/C13H19ClN2O/c1-10(2)6-3-4-9-15-13(17)11-7-5-8-12(14)16-11/h5,7-8,10H,3-4,6,9H2,1-2H3,(H,15,17). The number of carbonyl (C=O) groups excluding carboxylic acids is 1. The Balaban J connectivity index is 2.26. The highest BCUT2D eigenvalue weighted by Crippen LogP contribution is 2.06. The van der Waals surface area contributed by atoms with E-state index in [4.69, 9.17) is 11.6 Å². The molecule has 1 rings (SSSR count). The summed E-state index contributed by atoms with van der Waals surface area (Å²) in [5, 5.41) is 3.18. The first-order chi connectivity index (χ1) is 8.09. The van der Waals surface area contributed by atoms with Gasteiger partial charge in [-0.05, 0) is 24.5 Å². The lowest BCUT2D eigenvalue weighted by Crippen LogP contribution is -2.25. The topological polar surface area (TPSA) is 42.0 Å². The van der Waals surface area contributed by atoms with Gasteiger partial charge in [0.2, 0.25) is 0 Å². The van der Waals surface area contributed by atoms with Gasteiger partial charge in [-0.1, -0.05) is 44.4 Å². The van der Waals surface area contributed by atoms with E-state index in [1.54, 1.807) is 18.2 Å². The van der Waals surface area contributed by atoms with E-state index < -0.39 is 0 Å². The van der Waals surface area contributed by atoms with Gasteiger partial charge in [0.1, 0.15) is 10.8 Å². The summed E-state index contributed by atoms with van der Waals surface area (Å²) in [7, 11) is 0. The Bertz CT molecular complexity index is 366. The predicted octanol–water partition coefficient (Wildman–Crippen LogP) is 3.29. The second-order valence-electron chi connectivity index (χ2n) is 4.49. The van der Waals surface area contributed by atoms with Crippen molar-refractivity contribution in [3.8, 4) is 0 Å². The minimum Gasteiger partial charge on any atom is -0.351 e. The van der Waals surface area contributed by atoms with E-state index in [9.17, 15) is 4.79 Å². The van der Waals surface area contributed by atoms with Crippen LogP contribution in [-0.4, -0.2) is 17.4 Å². The molecule has 1 heterocycles. The number of amides is 1. The van der Waals surface area contributed by atoms with Crippen molar-refractivity contribution in [1.29, 1.82) is 0 Å². The SMILES string of the molecule is CC(C)CCCCNC(=O)c1cccc(Cl)n1. The van der Waals surface area contributed by atoms with Crippen LogP contribution in [0.15, 0.2) is 18.2 Å². The molecular weight excluding hydrogens is 236 g/mol. The third kappa shape index (κ3) is 5.68. The van der Waals surface area contributed by atoms with Gasteiger partial charge in [-0.3, -0.25) is 4.79 Å². The van der Waals surface area contributed by atoms with Gasteiger partial charge in [0, 0.05) is 6.54 Å². The Labute approximate surface area is 108 Å². The van der Waals surface area contributed by atoms with Crippen LogP contribution in [0.25, 0.3) is 0 Å². The fraction of sp³-hybridized carbons (Fsp3) is 0.538. The highest BCUT2D eigenvalue weighted by Gasteiger charge is 2.06. The monoisotopic (exact) mass is 254 g/mol. The second kappa shape index (κ2) is 7.28. The summed E-state index contributed by atoms with van der Waals surface area (Å²) in [5.74, 6) is 0.567. The Hall–Kier alpha value is -1.09. The zero-order chi connectivity index (χ0) is 12.7. The maximum atomic E-state index is 11.7. The number of halogens is 1. The molecule has 0 aliphatic rings. The van der Waals surface area contributed by atoms with E-state index in [1.165, 1.54) is 6.42 Å². The number of pyridine rings is 1. The number of nitrogens with zero attached hydrogens (tertiary/aromatic N) is 1. The average molecular weight is 255 g/mol. The molecule has 94 valence electrons. The molecule has 1 aromatic heterocycles. The highest BCUT2D eigenvalue weighted by molar-refractivity contribution is 6.29. The van der Waals surface area contributed by atoms with Gasteiger partial charge in [-0.2, -0.15) is 0 Å². The molecule has 0 saturated heterocycles. The number of aromatic nitrogens is 1. The lowest BCUT2D eigenvalue weighted by molar-refractivity contribution is 0.0948. The smallest absolute Gasteiger partial charge is 0.269 e. The Kier molecular flexibility index (Phi) is 5.98. The molecule has 0 radical (unpaired) electrons. The van der Waals surface area contributed by atoms with Crippen LogP contribution in [0.3, 0.4) is 0 Å². The highest BCUT2D eigenvalue weighted by atomic mass is 35.5. The quantitative estimate of drug-likeness (QED) is 0.625. The van der Waals surface area contributed by atoms with Crippen molar-refractivity contribution in [3.63, 3.8) is 0 Å². The Morgan fingerprint density at radius 2 is 2.18 bits per heavy atom. The van der Waals surface area contributed by atoms with Crippen LogP contribution in [-0.2, 0) is 0 Å². The number of unbranched alkanes of at least 4 members (excludes halogenated alkanes) is 1. The summed E-state index contributed by atoms with van der Waals surface area (Å²) in [6.45, 7) is 5.10. The first kappa shape index (κ1) is 14.0. The number of rotatable bonds is 6. The van der Waals surface area contributed by atoms with E-state index in [0.717, 1.165) is 18.8 Å². The molecule has 0 spiro atoms. The van der Waals surface area contributed by atoms with E-state index in [0.29, 0.717) is 17.4 Å². The van der Waals surface area contributed by atoms with Crippen LogP contribution in [0, 0.1) is 5.92 Å². The molecule has 0 unspecified atom stereocenters. The van der Waals surface area contributed by atoms with Gasteiger partial charge in [-0.25, -0.2) is 4.98 Å². The van der Waals surface area contributed by atoms with Crippen molar-refractivity contribution in [2.45, 2.75) is 33.1 Å². The molecule has 0 atom stereocenters. The normalized spacial score (nSPS) is 10.6. The third-order valence-corrected chi connectivity index (χ3v) is 2.65. The molecule has 0 aliphatic heterocycles. The van der Waals surface area contributed by atoms with E-state index in [-0.39, 0.29) is 5.91 Å². The number of nitrogens with one attached hydrogen (secondary N) is 1. The van der Waals surface area contributed by atoms with Gasteiger partial charge >= 0.3 is 0 Å². The fourth-order valence-corrected chi connectivity index (χ4v) is 1.67. The summed E-state index contributed by atoms with van der Waals surface area (Å²) < 4.78 is 0. The first-order valence-electron chi connectivity index (χ1n) is 6.00. The zero-order valence-electron chi connectivity index (χ0n) is 10.4. The summed E-state index contributed by atoms with van der Waals surface area (Å²) in [6, 6.07) is 5.04. The van der Waals surface area contributed by atoms with Crippen molar-refractivity contribution in [1.82, 2.24) is 10.3 Å². The van der Waals surface area contributed by atoms with Crippen LogP contribution in [0.1, 0.15) is 43.6 Å². The predicted molar refractivity (Wildman–Crippen MR) is 70.3 cm³/mol. The Morgan fingerprint density at radius 1 is 1.41 bits per heavy atom. The number of carbonyl (C=O) groups is 1. The summed E-state index contributed by atoms with van der Waals surface area (Å²) in [5.41, 5.74) is 0.376. The molecule has 1 amide bonds. The molecule has 0 aliphatic carbocycles. The first-order valence-corrected chi connectivity index (χ1v) is 6.38. The summed E-state index contributed by atoms with van der Waals surface area (Å²) in [6.07, 6.45) is 3.34. The summed E-state index contributed by atoms with van der Waals surface area (Å²) >= 11 is 5.72. The van der Waals surface area contributed by atoms with Crippen LogP contribution < -0.4 is 5.32 Å². The summed E-state index contributed by atoms with van der Waals surface area (Å²) in [4.78, 5) is 15.6. The second-order valence-corrected chi connectivity index (χ2v) is 4.88. The van der Waals surface area contributed by atoms with Crippen LogP contribution in [0.2, 0.25) is 5.15 Å². The lowest BCUT2D eigenvalue weighted by atomic mass is 10.1. The van der Waals surface area contributed by atoms with E-state index in [2.05, 4.69) is 24.1 Å². The van der Waals surface area contributed by atoms with Crippen molar-refractivity contribution < 1.29 is 4.79 Å². The minimum absolute atomic E-state index is 0.156. The lowest BCUT2D eigenvalue weighted by Gasteiger charge is -2.06. The van der Waals surface area contributed by atoms with Crippen molar-refractivity contribution in [3.05, 3.63) is 29.0 Å². The van der Waals surface area contributed by atoms with Gasteiger partial charge < -0.3 is 5.32 Å². The average Bonchev–Trinajstić information content (AvgIpc) is 2.28. The number of hydrogen-bond donors (Lipinski definition) is 1. The van der Waals surface area contributed by atoms with E-state index >= 15 is 0 Å². The molecular formula is C13H19ClN2O. The molecule has 0 aromatic carbocycles. The van der Waals surface area contributed by atoms with Crippen LogP contribution in [0.5, 0.6) is 0 Å². The van der Waals surface area contributed by atoms with Gasteiger partial charge in [-0.15, -0.1) is 0 Å². The Morgan fingerprint density at radius 3 is 2.82 bits per heavy atom. The maximum Gasteiger partial charge on any atom is 0.269 e. The molecule has 0 fully saturated rings. The largest absolute Gasteiger partial charge is 0.351 e. The van der Waals surface area contributed by atoms with Crippen LogP contribution in [0.4, 0.5) is 0 Å². The minimum atomic E-state index is -0.156. The maximum absolute atomic E-state index is 11.7.